The summed E-state index contributed by atoms with van der Waals surface area (Å²) in [6.45, 7) is 0. The molecule has 0 spiro atoms. The Morgan fingerprint density at radius 1 is 1.10 bits per heavy atom. The highest BCUT2D eigenvalue weighted by molar-refractivity contribution is 7.89. The Morgan fingerprint density at radius 2 is 1.71 bits per heavy atom. The molecule has 3 rings (SSSR count). The zero-order valence-electron chi connectivity index (χ0n) is 11.2. The van der Waals surface area contributed by atoms with Crippen molar-refractivity contribution in [1.29, 1.82) is 0 Å². The number of nitrogen functional groups attached to an aromatic ring is 1. The third-order valence-corrected chi connectivity index (χ3v) is 5.50. The molecule has 2 aromatic rings. The Kier molecular flexibility index (Phi) is 3.65. The van der Waals surface area contributed by atoms with Gasteiger partial charge in [-0.15, -0.1) is 0 Å². The number of nitrogens with one attached hydrogen (secondary N) is 1. The number of sulfonamides is 1. The predicted molar refractivity (Wildman–Crippen MR) is 83.8 cm³/mol. The first kappa shape index (κ1) is 14.4. The van der Waals surface area contributed by atoms with E-state index in [1.807, 2.05) is 24.3 Å². The zero-order valence-corrected chi connectivity index (χ0v) is 12.8. The van der Waals surface area contributed by atoms with E-state index in [-0.39, 0.29) is 16.0 Å². The minimum Gasteiger partial charge on any atom is -0.398 e. The minimum absolute atomic E-state index is 0.122. The van der Waals surface area contributed by atoms with Gasteiger partial charge in [0.2, 0.25) is 10.0 Å². The molecule has 0 radical (unpaired) electrons. The summed E-state index contributed by atoms with van der Waals surface area (Å²) in [5.41, 5.74) is 8.36. The van der Waals surface area contributed by atoms with E-state index < -0.39 is 10.0 Å². The van der Waals surface area contributed by atoms with Crippen LogP contribution in [-0.2, 0) is 22.9 Å². The van der Waals surface area contributed by atoms with Gasteiger partial charge in [-0.25, -0.2) is 13.1 Å². The fourth-order valence-electron chi connectivity index (χ4n) is 2.60. The van der Waals surface area contributed by atoms with Crippen molar-refractivity contribution in [3.05, 3.63) is 58.6 Å². The number of fused-ring (bicyclic) bond motifs is 1. The highest BCUT2D eigenvalue weighted by Crippen LogP contribution is 2.25. The second-order valence-electron chi connectivity index (χ2n) is 5.18. The molecule has 0 amide bonds. The van der Waals surface area contributed by atoms with Crippen LogP contribution in [0.2, 0.25) is 5.02 Å². The first-order valence-electron chi connectivity index (χ1n) is 6.60. The normalized spacial score (nSPS) is 15.1. The molecule has 2 aromatic carbocycles. The molecule has 21 heavy (non-hydrogen) atoms. The van der Waals surface area contributed by atoms with Gasteiger partial charge in [0.15, 0.2) is 0 Å². The highest BCUT2D eigenvalue weighted by atomic mass is 35.5. The lowest BCUT2D eigenvalue weighted by Gasteiger charge is -2.13. The van der Waals surface area contributed by atoms with Crippen molar-refractivity contribution in [3.63, 3.8) is 0 Å². The third-order valence-electron chi connectivity index (χ3n) is 3.66. The molecule has 0 heterocycles. The summed E-state index contributed by atoms with van der Waals surface area (Å²) in [6.07, 6.45) is 1.41. The summed E-state index contributed by atoms with van der Waals surface area (Å²) >= 11 is 5.89. The van der Waals surface area contributed by atoms with E-state index in [0.717, 1.165) is 0 Å². The van der Waals surface area contributed by atoms with Gasteiger partial charge in [0.05, 0.1) is 15.6 Å². The molecule has 0 fully saturated rings. The maximum atomic E-state index is 12.4. The molecule has 0 atom stereocenters. The van der Waals surface area contributed by atoms with Crippen LogP contribution in [0.4, 0.5) is 5.69 Å². The van der Waals surface area contributed by atoms with Crippen molar-refractivity contribution in [1.82, 2.24) is 4.72 Å². The van der Waals surface area contributed by atoms with Gasteiger partial charge < -0.3 is 5.73 Å². The average molecular weight is 323 g/mol. The van der Waals surface area contributed by atoms with Crippen molar-refractivity contribution in [2.24, 2.45) is 0 Å². The van der Waals surface area contributed by atoms with Gasteiger partial charge in [-0.1, -0.05) is 35.9 Å². The second kappa shape index (κ2) is 5.33. The lowest BCUT2D eigenvalue weighted by molar-refractivity contribution is 0.555. The lowest BCUT2D eigenvalue weighted by atomic mass is 10.1. The number of nitrogens with two attached hydrogens (primary N) is 1. The van der Waals surface area contributed by atoms with Gasteiger partial charge in [-0.2, -0.15) is 0 Å². The fraction of sp³-hybridized carbons (Fsp3) is 0.200. The van der Waals surface area contributed by atoms with Gasteiger partial charge in [0, 0.05) is 6.04 Å². The molecule has 0 aliphatic heterocycles. The van der Waals surface area contributed by atoms with E-state index in [1.165, 1.54) is 29.3 Å². The van der Waals surface area contributed by atoms with E-state index >= 15 is 0 Å². The first-order chi connectivity index (χ1) is 9.95. The molecule has 1 aliphatic carbocycles. The fourth-order valence-corrected chi connectivity index (χ4v) is 4.11. The highest BCUT2D eigenvalue weighted by Gasteiger charge is 2.26. The van der Waals surface area contributed by atoms with Crippen molar-refractivity contribution in [3.8, 4) is 0 Å². The summed E-state index contributed by atoms with van der Waals surface area (Å²) in [5, 5.41) is 0.243. The minimum atomic E-state index is -3.59. The number of halogens is 1. The largest absolute Gasteiger partial charge is 0.398 e. The van der Waals surface area contributed by atoms with Gasteiger partial charge in [0.25, 0.3) is 0 Å². The number of hydrogen-bond acceptors (Lipinski definition) is 3. The Balaban J connectivity index is 1.80. The van der Waals surface area contributed by atoms with Gasteiger partial charge in [-0.3, -0.25) is 0 Å². The molecule has 1 aliphatic rings. The lowest BCUT2D eigenvalue weighted by Crippen LogP contribution is -2.35. The van der Waals surface area contributed by atoms with Crippen molar-refractivity contribution in [2.75, 3.05) is 5.73 Å². The Bertz CT molecular complexity index is 765. The van der Waals surface area contributed by atoms with Crippen LogP contribution in [0.5, 0.6) is 0 Å². The summed E-state index contributed by atoms with van der Waals surface area (Å²) in [6, 6.07) is 12.2. The SMILES string of the molecule is Nc1ccc(S(=O)(=O)NC2Cc3ccccc3C2)cc1Cl. The molecule has 0 saturated carbocycles. The van der Waals surface area contributed by atoms with Crippen molar-refractivity contribution < 1.29 is 8.42 Å². The molecule has 110 valence electrons. The average Bonchev–Trinajstić information content (AvgIpc) is 2.82. The summed E-state index contributed by atoms with van der Waals surface area (Å²) in [5.74, 6) is 0. The van der Waals surface area contributed by atoms with Crippen LogP contribution in [0.15, 0.2) is 47.4 Å². The Morgan fingerprint density at radius 3 is 2.29 bits per heavy atom. The monoisotopic (exact) mass is 322 g/mol. The second-order valence-corrected chi connectivity index (χ2v) is 7.30. The van der Waals surface area contributed by atoms with E-state index in [0.29, 0.717) is 18.5 Å². The summed E-state index contributed by atoms with van der Waals surface area (Å²) in [7, 11) is -3.59. The molecule has 6 heteroatoms. The van der Waals surface area contributed by atoms with Crippen LogP contribution in [0, 0.1) is 0 Å². The quantitative estimate of drug-likeness (QED) is 0.852. The van der Waals surface area contributed by atoms with E-state index in [9.17, 15) is 8.42 Å². The zero-order chi connectivity index (χ0) is 15.0. The molecule has 4 nitrogen and oxygen atoms in total. The van der Waals surface area contributed by atoms with Crippen molar-refractivity contribution >= 4 is 27.3 Å². The van der Waals surface area contributed by atoms with Crippen LogP contribution < -0.4 is 10.5 Å². The summed E-state index contributed by atoms with van der Waals surface area (Å²) in [4.78, 5) is 0.137. The van der Waals surface area contributed by atoms with Crippen LogP contribution in [0.1, 0.15) is 11.1 Å². The van der Waals surface area contributed by atoms with Crippen molar-refractivity contribution in [2.45, 2.75) is 23.8 Å². The molecule has 0 unspecified atom stereocenters. The smallest absolute Gasteiger partial charge is 0.240 e. The predicted octanol–water partition coefficient (Wildman–Crippen LogP) is 2.37. The number of rotatable bonds is 3. The standard InChI is InChI=1S/C15H15ClN2O2S/c16-14-9-13(5-6-15(14)17)21(19,20)18-12-7-10-3-1-2-4-11(10)8-12/h1-6,9,12,18H,7-8,17H2. The van der Waals surface area contributed by atoms with Gasteiger partial charge >= 0.3 is 0 Å². The van der Waals surface area contributed by atoms with E-state index in [4.69, 9.17) is 17.3 Å². The van der Waals surface area contributed by atoms with Crippen LogP contribution in [0.3, 0.4) is 0 Å². The third kappa shape index (κ3) is 2.90. The van der Waals surface area contributed by atoms with Gasteiger partial charge in [-0.05, 0) is 42.2 Å². The van der Waals surface area contributed by atoms with Crippen LogP contribution in [0.25, 0.3) is 0 Å². The molecular formula is C15H15ClN2O2S. The maximum Gasteiger partial charge on any atom is 0.240 e. The Hall–Kier alpha value is -1.56. The number of hydrogen-bond donors (Lipinski definition) is 2. The van der Waals surface area contributed by atoms with Gasteiger partial charge in [0.1, 0.15) is 0 Å². The molecule has 0 saturated heterocycles. The molecule has 0 bridgehead atoms. The maximum absolute atomic E-state index is 12.4. The van der Waals surface area contributed by atoms with E-state index in [1.54, 1.807) is 0 Å². The van der Waals surface area contributed by atoms with Crippen LogP contribution in [-0.4, -0.2) is 14.5 Å². The van der Waals surface area contributed by atoms with E-state index in [2.05, 4.69) is 4.72 Å². The number of benzene rings is 2. The van der Waals surface area contributed by atoms with Crippen LogP contribution >= 0.6 is 11.6 Å². The topological polar surface area (TPSA) is 72.2 Å². The molecule has 3 N–H and O–H groups in total. The number of anilines is 1. The summed E-state index contributed by atoms with van der Waals surface area (Å²) < 4.78 is 27.5. The molecule has 0 aromatic heterocycles. The molecular weight excluding hydrogens is 308 g/mol. The Labute approximate surface area is 129 Å². The first-order valence-corrected chi connectivity index (χ1v) is 8.46.